The molecular weight excluding hydrogens is 757 g/mol. The third-order valence-electron chi connectivity index (χ3n) is 9.88. The molecule has 0 atom stereocenters. The smallest absolute Gasteiger partial charge is 0.419 e. The van der Waals surface area contributed by atoms with Crippen molar-refractivity contribution >= 4 is 57.2 Å². The predicted octanol–water partition coefficient (Wildman–Crippen LogP) is 12.1. The lowest BCUT2D eigenvalue weighted by Gasteiger charge is -2.24. The fourth-order valence-corrected chi connectivity index (χ4v) is 7.26. The van der Waals surface area contributed by atoms with E-state index in [1.165, 1.54) is 77.4 Å². The van der Waals surface area contributed by atoms with E-state index in [2.05, 4.69) is 12.2 Å². The summed E-state index contributed by atoms with van der Waals surface area (Å²) in [5, 5.41) is 23.4. The van der Waals surface area contributed by atoms with Crippen molar-refractivity contribution in [3.05, 3.63) is 90.0 Å². The highest BCUT2D eigenvalue weighted by Crippen LogP contribution is 2.36. The van der Waals surface area contributed by atoms with Gasteiger partial charge in [-0.2, -0.15) is 0 Å². The Labute approximate surface area is 346 Å². The number of carboxylic acid groups (broad SMARTS) is 1. The molecule has 0 bridgehead atoms. The maximum absolute atomic E-state index is 13.9. The van der Waals surface area contributed by atoms with Gasteiger partial charge in [0, 0.05) is 23.1 Å². The molecule has 4 aromatic carbocycles. The number of aromatic hydroxyl groups is 1. The molecule has 2 amide bonds. The zero-order chi connectivity index (χ0) is 41.5. The number of ether oxygens (including phenoxy) is 3. The van der Waals surface area contributed by atoms with Gasteiger partial charge in [-0.05, 0) is 60.1 Å². The first-order chi connectivity index (χ1) is 28.2. The molecule has 0 radical (unpaired) electrons. The fourth-order valence-electron chi connectivity index (χ4n) is 6.67. The van der Waals surface area contributed by atoms with Gasteiger partial charge in [0.05, 0.1) is 30.5 Å². The van der Waals surface area contributed by atoms with Crippen molar-refractivity contribution in [2.45, 2.75) is 110 Å². The van der Waals surface area contributed by atoms with Crippen LogP contribution in [0.1, 0.15) is 119 Å². The summed E-state index contributed by atoms with van der Waals surface area (Å²) in [6.07, 6.45) is 16.2. The lowest BCUT2D eigenvalue weighted by molar-refractivity contribution is -0.136. The van der Waals surface area contributed by atoms with Gasteiger partial charge in [-0.25, -0.2) is 9.59 Å². The normalized spacial score (nSPS) is 10.9. The summed E-state index contributed by atoms with van der Waals surface area (Å²) in [6.45, 7) is 2.61. The van der Waals surface area contributed by atoms with Crippen LogP contribution in [0.2, 0.25) is 0 Å². The van der Waals surface area contributed by atoms with Crippen molar-refractivity contribution in [2.75, 3.05) is 29.6 Å². The number of hydrogen-bond acceptors (Lipinski definition) is 9. The summed E-state index contributed by atoms with van der Waals surface area (Å²) in [6, 6.07) is 22.1. The van der Waals surface area contributed by atoms with E-state index in [0.717, 1.165) is 37.4 Å². The van der Waals surface area contributed by atoms with Crippen molar-refractivity contribution in [2.24, 2.45) is 0 Å². The molecule has 11 nitrogen and oxygen atoms in total. The van der Waals surface area contributed by atoms with Crippen LogP contribution in [0.25, 0.3) is 10.8 Å². The Morgan fingerprint density at radius 1 is 0.724 bits per heavy atom. The molecule has 4 aromatic rings. The molecule has 312 valence electrons. The molecule has 0 unspecified atom stereocenters. The number of amides is 2. The van der Waals surface area contributed by atoms with Crippen LogP contribution < -0.4 is 19.7 Å². The van der Waals surface area contributed by atoms with Crippen molar-refractivity contribution in [1.82, 2.24) is 0 Å². The molecule has 4 rings (SSSR count). The maximum atomic E-state index is 13.9. The Balaban J connectivity index is 1.42. The van der Waals surface area contributed by atoms with Crippen LogP contribution in [0, 0.1) is 0 Å². The van der Waals surface area contributed by atoms with E-state index in [9.17, 15) is 24.3 Å². The number of fused-ring (bicyclic) bond motifs is 1. The zero-order valence-corrected chi connectivity index (χ0v) is 34.7. The molecule has 0 fully saturated rings. The molecule has 0 aliphatic carbocycles. The number of carboxylic acids is 1. The summed E-state index contributed by atoms with van der Waals surface area (Å²) < 4.78 is 16.5. The van der Waals surface area contributed by atoms with Crippen LogP contribution in [0.4, 0.5) is 21.0 Å². The Kier molecular flexibility index (Phi) is 19.8. The van der Waals surface area contributed by atoms with Gasteiger partial charge >= 0.3 is 17.4 Å². The predicted molar refractivity (Wildman–Crippen MR) is 232 cm³/mol. The summed E-state index contributed by atoms with van der Waals surface area (Å²) in [5.41, 5.74) is 1.74. The Hall–Kier alpha value is -5.23. The van der Waals surface area contributed by atoms with E-state index < -0.39 is 23.3 Å². The van der Waals surface area contributed by atoms with Gasteiger partial charge in [0.2, 0.25) is 0 Å². The highest BCUT2D eigenvalue weighted by atomic mass is 32.2. The number of anilines is 2. The maximum Gasteiger partial charge on any atom is 0.419 e. The van der Waals surface area contributed by atoms with E-state index in [4.69, 9.17) is 19.3 Å². The largest absolute Gasteiger partial charge is 0.506 e. The van der Waals surface area contributed by atoms with Gasteiger partial charge in [0.15, 0.2) is 0 Å². The third kappa shape index (κ3) is 14.9. The molecule has 12 heteroatoms. The number of aliphatic carboxylic acids is 1. The fraction of sp³-hybridized carbons (Fsp3) is 0.435. The second-order valence-corrected chi connectivity index (χ2v) is 15.3. The van der Waals surface area contributed by atoms with Gasteiger partial charge in [0.25, 0.3) is 5.91 Å². The minimum absolute atomic E-state index is 0.0171. The van der Waals surface area contributed by atoms with E-state index >= 15 is 0 Å². The van der Waals surface area contributed by atoms with Crippen LogP contribution in [-0.4, -0.2) is 52.9 Å². The number of phenolic OH excluding ortho intramolecular Hbond substituents is 1. The Morgan fingerprint density at radius 3 is 2.00 bits per heavy atom. The number of rotatable bonds is 25. The monoisotopic (exact) mass is 814 g/mol. The molecule has 0 aromatic heterocycles. The lowest BCUT2D eigenvalue weighted by atomic mass is 10.0. The van der Waals surface area contributed by atoms with Crippen molar-refractivity contribution in [3.63, 3.8) is 0 Å². The number of hydrogen-bond donors (Lipinski definition) is 3. The molecule has 0 aliphatic heterocycles. The lowest BCUT2D eigenvalue weighted by Crippen LogP contribution is -2.34. The second kappa shape index (κ2) is 25.2. The first-order valence-corrected chi connectivity index (χ1v) is 21.5. The number of unbranched alkanes of at least 4 members (excludes halogenated alkanes) is 13. The number of para-hydroxylation sites is 2. The molecular formula is C46H58N2O9S. The van der Waals surface area contributed by atoms with Crippen LogP contribution in [0.15, 0.2) is 78.9 Å². The van der Waals surface area contributed by atoms with Crippen molar-refractivity contribution in [1.29, 1.82) is 0 Å². The molecule has 0 spiro atoms. The number of carbonyl (C=O) groups excluding carboxylic acids is 3. The molecule has 0 aliphatic rings. The number of thioether (sulfide) groups is 1. The first-order valence-electron chi connectivity index (χ1n) is 20.5. The highest BCUT2D eigenvalue weighted by Gasteiger charge is 2.23. The first kappa shape index (κ1) is 45.5. The van der Waals surface area contributed by atoms with Gasteiger partial charge in [-0.15, -0.1) is 0 Å². The van der Waals surface area contributed by atoms with Crippen molar-refractivity contribution < 1.29 is 43.6 Å². The molecule has 58 heavy (non-hydrogen) atoms. The minimum Gasteiger partial charge on any atom is -0.506 e. The number of methoxy groups -OCH3 is 1. The van der Waals surface area contributed by atoms with Crippen LogP contribution in [0.3, 0.4) is 0 Å². The summed E-state index contributed by atoms with van der Waals surface area (Å²) in [4.78, 5) is 51.5. The number of nitrogens with one attached hydrogen (secondary N) is 1. The van der Waals surface area contributed by atoms with E-state index in [0.29, 0.717) is 45.8 Å². The summed E-state index contributed by atoms with van der Waals surface area (Å²) in [5.74, 6) is -0.813. The van der Waals surface area contributed by atoms with E-state index in [1.54, 1.807) is 77.7 Å². The number of benzene rings is 4. The zero-order valence-electron chi connectivity index (χ0n) is 33.8. The SMILES string of the molecule is CCCCCCCCCCCCCCCCN(C(=O)Oc1ccc(COC(=O)SCCC(=O)O)cc1)c1cccc2c(O)c(C(=O)Nc3ccccc3OC)ccc12. The molecule has 0 heterocycles. The van der Waals surface area contributed by atoms with Gasteiger partial charge in [0.1, 0.15) is 23.9 Å². The third-order valence-corrected chi connectivity index (χ3v) is 10.6. The van der Waals surface area contributed by atoms with Crippen molar-refractivity contribution in [3.8, 4) is 17.2 Å². The van der Waals surface area contributed by atoms with Gasteiger partial charge < -0.3 is 29.7 Å². The second-order valence-electron chi connectivity index (χ2n) is 14.3. The number of phenols is 1. The Bertz CT molecular complexity index is 1920. The quantitative estimate of drug-likeness (QED) is 0.0435. The van der Waals surface area contributed by atoms with E-state index in [1.807, 2.05) is 0 Å². The van der Waals surface area contributed by atoms with Crippen LogP contribution >= 0.6 is 11.8 Å². The van der Waals surface area contributed by atoms with Crippen LogP contribution in [0.5, 0.6) is 17.2 Å². The molecule has 3 N–H and O–H groups in total. The molecule has 0 saturated carbocycles. The Morgan fingerprint density at radius 2 is 1.36 bits per heavy atom. The number of nitrogens with zero attached hydrogens (tertiary/aromatic N) is 1. The standard InChI is InChI=1S/C46H58N2O9S/c1-3-4-5-6-7-8-9-10-11-12-13-14-15-18-31-48(45(53)57-35-26-24-34(25-27-35)33-56-46(54)58-32-30-42(49)50)40-22-19-20-37-36(40)28-29-38(43(37)51)44(52)47-39-21-16-17-23-41(39)55-2/h16-17,19-29,51H,3-15,18,30-33H2,1-2H3,(H,47,52)(H,49,50). The van der Waals surface area contributed by atoms with Gasteiger partial charge in [-0.3, -0.25) is 14.5 Å². The number of carbonyl (C=O) groups is 4. The summed E-state index contributed by atoms with van der Waals surface area (Å²) >= 11 is 0.802. The summed E-state index contributed by atoms with van der Waals surface area (Å²) in [7, 11) is 1.51. The minimum atomic E-state index is -0.985. The highest BCUT2D eigenvalue weighted by molar-refractivity contribution is 8.13. The van der Waals surface area contributed by atoms with Crippen LogP contribution in [-0.2, 0) is 16.1 Å². The topological polar surface area (TPSA) is 152 Å². The average molecular weight is 815 g/mol. The van der Waals surface area contributed by atoms with Gasteiger partial charge in [-0.1, -0.05) is 133 Å². The molecule has 0 saturated heterocycles. The average Bonchev–Trinajstić information content (AvgIpc) is 3.22. The van der Waals surface area contributed by atoms with E-state index in [-0.39, 0.29) is 30.1 Å².